The van der Waals surface area contributed by atoms with Crippen molar-refractivity contribution in [3.05, 3.63) is 39.3 Å². The molecule has 19 heavy (non-hydrogen) atoms. The molecule has 0 aliphatic heterocycles. The van der Waals surface area contributed by atoms with E-state index >= 15 is 0 Å². The van der Waals surface area contributed by atoms with Gasteiger partial charge in [-0.2, -0.15) is 5.10 Å². The first-order valence-electron chi connectivity index (χ1n) is 7.08. The molecule has 0 aromatic carbocycles. The quantitative estimate of drug-likeness (QED) is 0.932. The Kier molecular flexibility index (Phi) is 3.71. The third kappa shape index (κ3) is 2.74. The van der Waals surface area contributed by atoms with E-state index in [0.717, 1.165) is 12.8 Å². The van der Waals surface area contributed by atoms with Crippen molar-refractivity contribution in [2.75, 3.05) is 0 Å². The van der Waals surface area contributed by atoms with Gasteiger partial charge in [0.25, 0.3) is 0 Å². The van der Waals surface area contributed by atoms with Gasteiger partial charge in [0.05, 0.1) is 0 Å². The summed E-state index contributed by atoms with van der Waals surface area (Å²) < 4.78 is 1.94. The molecule has 3 rings (SSSR count). The highest BCUT2D eigenvalue weighted by Gasteiger charge is 2.17. The highest BCUT2D eigenvalue weighted by atomic mass is 32.1. The van der Waals surface area contributed by atoms with E-state index in [0.29, 0.717) is 0 Å². The standard InChI is InChI=1S/C15H21N3S/c1-18-12(8-9-17-18)6-7-13(16)15-10-11-4-2-3-5-14(11)19-15/h8-10,13H,2-7,16H2,1H3. The number of nitrogens with two attached hydrogens (primary N) is 1. The summed E-state index contributed by atoms with van der Waals surface area (Å²) in [5, 5.41) is 4.20. The van der Waals surface area contributed by atoms with Crippen LogP contribution in [-0.4, -0.2) is 9.78 Å². The van der Waals surface area contributed by atoms with Crippen molar-refractivity contribution in [1.82, 2.24) is 9.78 Å². The van der Waals surface area contributed by atoms with Gasteiger partial charge in [0.1, 0.15) is 0 Å². The highest BCUT2D eigenvalue weighted by molar-refractivity contribution is 7.12. The van der Waals surface area contributed by atoms with E-state index in [1.807, 2.05) is 29.3 Å². The predicted molar refractivity (Wildman–Crippen MR) is 79.4 cm³/mol. The number of aromatic nitrogens is 2. The number of rotatable bonds is 4. The first-order valence-corrected chi connectivity index (χ1v) is 7.89. The molecule has 0 fully saturated rings. The smallest absolute Gasteiger partial charge is 0.0492 e. The second-order valence-corrected chi connectivity index (χ2v) is 6.56. The fourth-order valence-electron chi connectivity index (χ4n) is 2.79. The van der Waals surface area contributed by atoms with Gasteiger partial charge in [-0.1, -0.05) is 0 Å². The summed E-state index contributed by atoms with van der Waals surface area (Å²) >= 11 is 1.94. The summed E-state index contributed by atoms with van der Waals surface area (Å²) in [4.78, 5) is 2.95. The zero-order valence-corrected chi connectivity index (χ0v) is 12.2. The molecule has 102 valence electrons. The molecule has 2 N–H and O–H groups in total. The van der Waals surface area contributed by atoms with Crippen LogP contribution in [0.2, 0.25) is 0 Å². The van der Waals surface area contributed by atoms with Gasteiger partial charge in [0, 0.05) is 34.7 Å². The molecule has 0 saturated carbocycles. The molecule has 0 spiro atoms. The van der Waals surface area contributed by atoms with E-state index in [1.54, 1.807) is 10.4 Å². The van der Waals surface area contributed by atoms with Gasteiger partial charge in [0.15, 0.2) is 0 Å². The molecular weight excluding hydrogens is 254 g/mol. The molecule has 2 aromatic rings. The van der Waals surface area contributed by atoms with Crippen LogP contribution in [0, 0.1) is 0 Å². The number of hydrogen-bond acceptors (Lipinski definition) is 3. The molecule has 4 heteroatoms. The van der Waals surface area contributed by atoms with Crippen LogP contribution in [0.4, 0.5) is 0 Å². The van der Waals surface area contributed by atoms with E-state index in [9.17, 15) is 0 Å². The van der Waals surface area contributed by atoms with Crippen molar-refractivity contribution < 1.29 is 0 Å². The van der Waals surface area contributed by atoms with Crippen LogP contribution in [0.5, 0.6) is 0 Å². The molecule has 0 amide bonds. The van der Waals surface area contributed by atoms with Crippen molar-refractivity contribution in [2.24, 2.45) is 12.8 Å². The van der Waals surface area contributed by atoms with Crippen molar-refractivity contribution in [1.29, 1.82) is 0 Å². The first kappa shape index (κ1) is 12.9. The number of nitrogens with zero attached hydrogens (tertiary/aromatic N) is 2. The Morgan fingerprint density at radius 3 is 3.00 bits per heavy atom. The molecule has 0 radical (unpaired) electrons. The lowest BCUT2D eigenvalue weighted by atomic mass is 9.98. The number of hydrogen-bond donors (Lipinski definition) is 1. The minimum atomic E-state index is 0.172. The Morgan fingerprint density at radius 2 is 2.26 bits per heavy atom. The maximum Gasteiger partial charge on any atom is 0.0492 e. The lowest BCUT2D eigenvalue weighted by molar-refractivity contribution is 0.620. The second-order valence-electron chi connectivity index (χ2n) is 5.40. The number of fused-ring (bicyclic) bond motifs is 1. The molecule has 2 aromatic heterocycles. The normalized spacial score (nSPS) is 16.3. The van der Waals surface area contributed by atoms with Gasteiger partial charge in [-0.05, 0) is 56.2 Å². The van der Waals surface area contributed by atoms with Crippen LogP contribution in [0.25, 0.3) is 0 Å². The SMILES string of the molecule is Cn1nccc1CCC(N)c1cc2c(s1)CCCC2. The Hall–Kier alpha value is -1.13. The minimum absolute atomic E-state index is 0.172. The average molecular weight is 275 g/mol. The Labute approximate surface area is 118 Å². The highest BCUT2D eigenvalue weighted by Crippen LogP contribution is 2.33. The van der Waals surface area contributed by atoms with E-state index in [1.165, 1.54) is 36.3 Å². The lowest BCUT2D eigenvalue weighted by Crippen LogP contribution is -2.11. The largest absolute Gasteiger partial charge is 0.323 e. The van der Waals surface area contributed by atoms with Gasteiger partial charge in [0.2, 0.25) is 0 Å². The van der Waals surface area contributed by atoms with Crippen LogP contribution >= 0.6 is 11.3 Å². The second kappa shape index (κ2) is 5.47. The van der Waals surface area contributed by atoms with E-state index in [2.05, 4.69) is 17.2 Å². The molecule has 1 aliphatic rings. The Morgan fingerprint density at radius 1 is 1.42 bits per heavy atom. The van der Waals surface area contributed by atoms with Gasteiger partial charge in [-0.15, -0.1) is 11.3 Å². The first-order chi connectivity index (χ1) is 9.24. The summed E-state index contributed by atoms with van der Waals surface area (Å²) in [6.07, 6.45) is 9.04. The lowest BCUT2D eigenvalue weighted by Gasteiger charge is -2.09. The number of aryl methyl sites for hydroxylation is 4. The predicted octanol–water partition coefficient (Wildman–Crippen LogP) is 2.99. The zero-order valence-electron chi connectivity index (χ0n) is 11.4. The van der Waals surface area contributed by atoms with Crippen molar-refractivity contribution in [3.8, 4) is 0 Å². The van der Waals surface area contributed by atoms with Crippen LogP contribution in [-0.2, 0) is 26.3 Å². The Balaban J connectivity index is 1.65. The van der Waals surface area contributed by atoms with Gasteiger partial charge in [-0.3, -0.25) is 4.68 Å². The molecule has 1 aliphatic carbocycles. The van der Waals surface area contributed by atoms with Crippen molar-refractivity contribution in [3.63, 3.8) is 0 Å². The average Bonchev–Trinajstić information content (AvgIpc) is 3.01. The van der Waals surface area contributed by atoms with E-state index in [4.69, 9.17) is 5.73 Å². The van der Waals surface area contributed by atoms with Crippen LogP contribution in [0.15, 0.2) is 18.3 Å². The van der Waals surface area contributed by atoms with Gasteiger partial charge < -0.3 is 5.73 Å². The fourth-order valence-corrected chi connectivity index (χ4v) is 4.08. The third-order valence-corrected chi connectivity index (χ3v) is 5.38. The molecule has 0 bridgehead atoms. The van der Waals surface area contributed by atoms with Crippen LogP contribution < -0.4 is 5.73 Å². The molecule has 1 unspecified atom stereocenters. The molecule has 2 heterocycles. The van der Waals surface area contributed by atoms with Crippen LogP contribution in [0.3, 0.4) is 0 Å². The molecule has 3 nitrogen and oxygen atoms in total. The maximum absolute atomic E-state index is 6.35. The summed E-state index contributed by atoms with van der Waals surface area (Å²) in [7, 11) is 1.99. The topological polar surface area (TPSA) is 43.8 Å². The summed E-state index contributed by atoms with van der Waals surface area (Å²) in [5.41, 5.74) is 9.17. The monoisotopic (exact) mass is 275 g/mol. The van der Waals surface area contributed by atoms with E-state index < -0.39 is 0 Å². The third-order valence-electron chi connectivity index (χ3n) is 4.02. The summed E-state index contributed by atoms with van der Waals surface area (Å²) in [5.74, 6) is 0. The van der Waals surface area contributed by atoms with Crippen molar-refractivity contribution >= 4 is 11.3 Å². The summed E-state index contributed by atoms with van der Waals surface area (Å²) in [6.45, 7) is 0. The van der Waals surface area contributed by atoms with Crippen LogP contribution in [0.1, 0.15) is 46.3 Å². The van der Waals surface area contributed by atoms with Crippen molar-refractivity contribution in [2.45, 2.75) is 44.6 Å². The summed E-state index contributed by atoms with van der Waals surface area (Å²) in [6, 6.07) is 4.60. The fraction of sp³-hybridized carbons (Fsp3) is 0.533. The minimum Gasteiger partial charge on any atom is -0.323 e. The van der Waals surface area contributed by atoms with Gasteiger partial charge in [-0.25, -0.2) is 0 Å². The van der Waals surface area contributed by atoms with E-state index in [-0.39, 0.29) is 6.04 Å². The number of thiophene rings is 1. The van der Waals surface area contributed by atoms with Gasteiger partial charge >= 0.3 is 0 Å². The molecule has 0 saturated heterocycles. The molecule has 1 atom stereocenters. The zero-order chi connectivity index (χ0) is 13.2. The molecular formula is C15H21N3S. The Bertz CT molecular complexity index is 532. The maximum atomic E-state index is 6.35.